The molecule has 0 amide bonds. The molecular formula is C20H13F2N3O2S. The number of esters is 1. The predicted octanol–water partition coefficient (Wildman–Crippen LogP) is 4.61. The summed E-state index contributed by atoms with van der Waals surface area (Å²) in [6, 6.07) is 13.8. The van der Waals surface area contributed by atoms with E-state index >= 15 is 0 Å². The topological polar surface area (TPSA) is 56.5 Å². The average molecular weight is 397 g/mol. The molecule has 140 valence electrons. The quantitative estimate of drug-likeness (QED) is 0.471. The number of methoxy groups -OCH3 is 1. The number of nitrogens with zero attached hydrogens (tertiary/aromatic N) is 3. The molecule has 0 N–H and O–H groups in total. The number of fused-ring (bicyclic) bond motifs is 1. The Hall–Kier alpha value is -3.26. The minimum atomic E-state index is -0.618. The number of hydrogen-bond donors (Lipinski definition) is 0. The summed E-state index contributed by atoms with van der Waals surface area (Å²) in [5, 5.41) is 8.34. The van der Waals surface area contributed by atoms with Gasteiger partial charge in [0.25, 0.3) is 0 Å². The molecule has 4 aromatic rings. The van der Waals surface area contributed by atoms with Crippen LogP contribution in [0.3, 0.4) is 0 Å². The number of ether oxygens (including phenoxy) is 1. The molecule has 0 fully saturated rings. The molecule has 0 aliphatic heterocycles. The Morgan fingerprint density at radius 3 is 2.54 bits per heavy atom. The largest absolute Gasteiger partial charge is 0.465 e. The molecule has 5 nitrogen and oxygen atoms in total. The SMILES string of the molecule is COC(=O)c1ccc(-c2nnc3ccc(Sc4ccc(F)cc4F)cn23)cc1. The Bertz CT molecular complexity index is 1180. The van der Waals surface area contributed by atoms with Gasteiger partial charge in [0.1, 0.15) is 11.6 Å². The number of carbonyl (C=O) groups excluding carboxylic acids is 1. The molecule has 2 aromatic heterocycles. The number of rotatable bonds is 4. The molecular weight excluding hydrogens is 384 g/mol. The van der Waals surface area contributed by atoms with Gasteiger partial charge in [0.05, 0.1) is 12.7 Å². The van der Waals surface area contributed by atoms with Gasteiger partial charge in [-0.1, -0.05) is 23.9 Å². The first kappa shape index (κ1) is 18.1. The maximum absolute atomic E-state index is 13.9. The van der Waals surface area contributed by atoms with Crippen molar-refractivity contribution in [2.75, 3.05) is 7.11 Å². The standard InChI is InChI=1S/C20H13F2N3O2S/c1-27-20(26)13-4-2-12(3-5-13)19-24-23-18-9-7-15(11-25(18)19)28-17-8-6-14(21)10-16(17)22/h2-11H,1H3. The monoisotopic (exact) mass is 397 g/mol. The van der Waals surface area contributed by atoms with Crippen LogP contribution in [-0.4, -0.2) is 27.7 Å². The molecule has 0 radical (unpaired) electrons. The molecule has 2 heterocycles. The fourth-order valence-corrected chi connectivity index (χ4v) is 3.53. The highest BCUT2D eigenvalue weighted by molar-refractivity contribution is 7.99. The molecule has 0 spiro atoms. The molecule has 0 bridgehead atoms. The molecule has 2 aromatic carbocycles. The van der Waals surface area contributed by atoms with Gasteiger partial charge in [-0.2, -0.15) is 0 Å². The Balaban J connectivity index is 1.69. The van der Waals surface area contributed by atoms with E-state index in [0.717, 1.165) is 16.5 Å². The highest BCUT2D eigenvalue weighted by Crippen LogP contribution is 2.31. The summed E-state index contributed by atoms with van der Waals surface area (Å²) >= 11 is 1.18. The van der Waals surface area contributed by atoms with Crippen LogP contribution < -0.4 is 0 Å². The van der Waals surface area contributed by atoms with Crippen LogP contribution in [0.15, 0.2) is 70.6 Å². The first-order chi connectivity index (χ1) is 13.5. The van der Waals surface area contributed by atoms with E-state index in [2.05, 4.69) is 10.2 Å². The smallest absolute Gasteiger partial charge is 0.337 e. The molecule has 0 atom stereocenters. The third-order valence-corrected chi connectivity index (χ3v) is 5.09. The van der Waals surface area contributed by atoms with Crippen LogP contribution in [0.4, 0.5) is 8.78 Å². The fraction of sp³-hybridized carbons (Fsp3) is 0.0500. The summed E-state index contributed by atoms with van der Waals surface area (Å²) in [6.45, 7) is 0. The zero-order valence-corrected chi connectivity index (χ0v) is 15.4. The highest BCUT2D eigenvalue weighted by atomic mass is 32.2. The third kappa shape index (κ3) is 3.46. The molecule has 4 rings (SSSR count). The van der Waals surface area contributed by atoms with E-state index in [-0.39, 0.29) is 0 Å². The first-order valence-electron chi connectivity index (χ1n) is 8.21. The van der Waals surface area contributed by atoms with E-state index in [0.29, 0.717) is 21.9 Å². The lowest BCUT2D eigenvalue weighted by Gasteiger charge is -2.06. The number of halogens is 2. The number of pyridine rings is 1. The van der Waals surface area contributed by atoms with Crippen LogP contribution in [0.2, 0.25) is 0 Å². The van der Waals surface area contributed by atoms with Gasteiger partial charge in [-0.05, 0) is 36.4 Å². The van der Waals surface area contributed by atoms with E-state index in [1.165, 1.54) is 31.0 Å². The van der Waals surface area contributed by atoms with Gasteiger partial charge in [0.15, 0.2) is 11.5 Å². The van der Waals surface area contributed by atoms with Crippen LogP contribution in [-0.2, 0) is 4.74 Å². The van der Waals surface area contributed by atoms with Gasteiger partial charge in [-0.25, -0.2) is 13.6 Å². The molecule has 8 heteroatoms. The van der Waals surface area contributed by atoms with Gasteiger partial charge in [-0.15, -0.1) is 10.2 Å². The lowest BCUT2D eigenvalue weighted by Crippen LogP contribution is -2.00. The van der Waals surface area contributed by atoms with Crippen LogP contribution in [0, 0.1) is 11.6 Å². The maximum Gasteiger partial charge on any atom is 0.337 e. The Labute approximate surface area is 163 Å². The second-order valence-electron chi connectivity index (χ2n) is 5.86. The molecule has 28 heavy (non-hydrogen) atoms. The number of aromatic nitrogens is 3. The van der Waals surface area contributed by atoms with Crippen molar-refractivity contribution in [2.24, 2.45) is 0 Å². The third-order valence-electron chi connectivity index (χ3n) is 4.06. The van der Waals surface area contributed by atoms with E-state index in [9.17, 15) is 13.6 Å². The van der Waals surface area contributed by atoms with Crippen molar-refractivity contribution in [3.63, 3.8) is 0 Å². The van der Waals surface area contributed by atoms with E-state index in [1.807, 2.05) is 0 Å². The van der Waals surface area contributed by atoms with Gasteiger partial charge in [-0.3, -0.25) is 4.40 Å². The van der Waals surface area contributed by atoms with E-state index < -0.39 is 17.6 Å². The van der Waals surface area contributed by atoms with Crippen molar-refractivity contribution in [1.82, 2.24) is 14.6 Å². The summed E-state index contributed by atoms with van der Waals surface area (Å²) in [4.78, 5) is 12.6. The summed E-state index contributed by atoms with van der Waals surface area (Å²) in [7, 11) is 1.32. The van der Waals surface area contributed by atoms with Crippen molar-refractivity contribution < 1.29 is 18.3 Å². The van der Waals surface area contributed by atoms with Crippen LogP contribution in [0.1, 0.15) is 10.4 Å². The second-order valence-corrected chi connectivity index (χ2v) is 6.98. The van der Waals surface area contributed by atoms with Crippen LogP contribution in [0.25, 0.3) is 17.0 Å². The average Bonchev–Trinajstić information content (AvgIpc) is 3.13. The predicted molar refractivity (Wildman–Crippen MR) is 100 cm³/mol. The van der Waals surface area contributed by atoms with Crippen molar-refractivity contribution in [2.45, 2.75) is 9.79 Å². The summed E-state index contributed by atoms with van der Waals surface area (Å²) in [5.41, 5.74) is 1.81. The minimum absolute atomic E-state index is 0.317. The molecule has 0 unspecified atom stereocenters. The molecule has 0 saturated carbocycles. The number of hydrogen-bond acceptors (Lipinski definition) is 5. The van der Waals surface area contributed by atoms with Gasteiger partial charge in [0.2, 0.25) is 0 Å². The maximum atomic E-state index is 13.9. The fourth-order valence-electron chi connectivity index (χ4n) is 2.69. The van der Waals surface area contributed by atoms with Crippen molar-refractivity contribution in [3.8, 4) is 11.4 Å². The summed E-state index contributed by atoms with van der Waals surface area (Å²) in [5.74, 6) is -1.08. The van der Waals surface area contributed by atoms with E-state index in [4.69, 9.17) is 4.74 Å². The Kier molecular flexibility index (Phi) is 4.79. The zero-order valence-electron chi connectivity index (χ0n) is 14.6. The Morgan fingerprint density at radius 1 is 1.04 bits per heavy atom. The van der Waals surface area contributed by atoms with Gasteiger partial charge < -0.3 is 4.74 Å². The summed E-state index contributed by atoms with van der Waals surface area (Å²) < 4.78 is 33.5. The first-order valence-corrected chi connectivity index (χ1v) is 9.03. The molecule has 0 aliphatic rings. The van der Waals surface area contributed by atoms with Crippen LogP contribution in [0.5, 0.6) is 0 Å². The molecule has 0 saturated heterocycles. The lowest BCUT2D eigenvalue weighted by atomic mass is 10.1. The van der Waals surface area contributed by atoms with Gasteiger partial charge >= 0.3 is 5.97 Å². The van der Waals surface area contributed by atoms with E-state index in [1.54, 1.807) is 47.0 Å². The normalized spacial score (nSPS) is 11.0. The van der Waals surface area contributed by atoms with Crippen LogP contribution >= 0.6 is 11.8 Å². The van der Waals surface area contributed by atoms with Crippen molar-refractivity contribution >= 4 is 23.4 Å². The minimum Gasteiger partial charge on any atom is -0.465 e. The highest BCUT2D eigenvalue weighted by Gasteiger charge is 2.12. The zero-order chi connectivity index (χ0) is 19.7. The van der Waals surface area contributed by atoms with Gasteiger partial charge in [0, 0.05) is 27.6 Å². The van der Waals surface area contributed by atoms with Crippen molar-refractivity contribution in [3.05, 3.63) is 78.0 Å². The summed E-state index contributed by atoms with van der Waals surface area (Å²) in [6.07, 6.45) is 1.78. The molecule has 0 aliphatic carbocycles. The second kappa shape index (κ2) is 7.40. The van der Waals surface area contributed by atoms with Crippen molar-refractivity contribution in [1.29, 1.82) is 0 Å². The lowest BCUT2D eigenvalue weighted by molar-refractivity contribution is 0.0600. The Morgan fingerprint density at radius 2 is 1.82 bits per heavy atom. The number of benzene rings is 2. The number of carbonyl (C=O) groups is 1.